The van der Waals surface area contributed by atoms with E-state index >= 15 is 0 Å². The Morgan fingerprint density at radius 3 is 3.06 bits per heavy atom. The number of hydrogen-bond donors (Lipinski definition) is 2. The van der Waals surface area contributed by atoms with Crippen molar-refractivity contribution in [1.82, 2.24) is 4.98 Å². The van der Waals surface area contributed by atoms with Gasteiger partial charge in [-0.25, -0.2) is 4.79 Å². The molecule has 2 N–H and O–H groups in total. The first-order valence-corrected chi connectivity index (χ1v) is 5.62. The number of aromatic amines is 1. The number of aliphatic hydroxyl groups excluding tert-OH is 1. The van der Waals surface area contributed by atoms with Gasteiger partial charge in [0.15, 0.2) is 6.10 Å². The number of aromatic nitrogens is 1. The Balaban J connectivity index is 2.39. The molecule has 0 radical (unpaired) electrons. The third kappa shape index (κ3) is 2.28. The number of ether oxygens (including phenoxy) is 1. The lowest BCUT2D eigenvalue weighted by Gasteiger charge is -2.08. The van der Waals surface area contributed by atoms with E-state index in [2.05, 4.69) is 4.98 Å². The fourth-order valence-corrected chi connectivity index (χ4v) is 1.87. The highest BCUT2D eigenvalue weighted by Gasteiger charge is 2.21. The van der Waals surface area contributed by atoms with Crippen molar-refractivity contribution in [3.63, 3.8) is 0 Å². The Bertz CT molecular complexity index is 550. The maximum absolute atomic E-state index is 11.4. The average molecular weight is 254 g/mol. The molecular weight excluding hydrogens is 242 g/mol. The lowest BCUT2D eigenvalue weighted by atomic mass is 10.1. The van der Waals surface area contributed by atoms with Crippen molar-refractivity contribution >= 4 is 28.5 Å². The smallest absolute Gasteiger partial charge is 0.339 e. The van der Waals surface area contributed by atoms with Crippen molar-refractivity contribution in [1.29, 1.82) is 0 Å². The van der Waals surface area contributed by atoms with E-state index in [9.17, 15) is 9.90 Å². The predicted molar refractivity (Wildman–Crippen MR) is 64.9 cm³/mol. The fraction of sp³-hybridized carbons (Fsp3) is 0.250. The maximum Gasteiger partial charge on any atom is 0.339 e. The molecule has 0 fully saturated rings. The molecule has 2 rings (SSSR count). The zero-order valence-corrected chi connectivity index (χ0v) is 9.99. The molecule has 1 aromatic heterocycles. The molecule has 1 aromatic carbocycles. The molecule has 1 heterocycles. The van der Waals surface area contributed by atoms with Crippen LogP contribution in [0.2, 0.25) is 5.02 Å². The van der Waals surface area contributed by atoms with Gasteiger partial charge in [-0.15, -0.1) is 0 Å². The van der Waals surface area contributed by atoms with Crippen molar-refractivity contribution in [3.8, 4) is 0 Å². The zero-order chi connectivity index (χ0) is 12.4. The van der Waals surface area contributed by atoms with E-state index in [1.165, 1.54) is 0 Å². The molecule has 0 aliphatic heterocycles. The predicted octanol–water partition coefficient (Wildman–Crippen LogP) is 2.42. The van der Waals surface area contributed by atoms with E-state index in [0.717, 1.165) is 10.9 Å². The molecular formula is C12H12ClNO3. The van der Waals surface area contributed by atoms with E-state index in [0.29, 0.717) is 10.6 Å². The largest absolute Gasteiger partial charge is 0.464 e. The quantitative estimate of drug-likeness (QED) is 0.826. The SMILES string of the molecule is CCOC(=O)C(O)c1c[nH]c2cc(Cl)ccc12. The third-order valence-electron chi connectivity index (χ3n) is 2.48. The van der Waals surface area contributed by atoms with E-state index in [1.54, 1.807) is 31.3 Å². The highest BCUT2D eigenvalue weighted by atomic mass is 35.5. The molecule has 5 heteroatoms. The number of halogens is 1. The van der Waals surface area contributed by atoms with Crippen molar-refractivity contribution in [3.05, 3.63) is 35.0 Å². The van der Waals surface area contributed by atoms with Crippen molar-refractivity contribution in [2.75, 3.05) is 6.61 Å². The second-order valence-electron chi connectivity index (χ2n) is 3.59. The summed E-state index contributed by atoms with van der Waals surface area (Å²) in [5, 5.41) is 11.2. The Morgan fingerprint density at radius 1 is 1.59 bits per heavy atom. The third-order valence-corrected chi connectivity index (χ3v) is 2.72. The van der Waals surface area contributed by atoms with Gasteiger partial charge in [-0.3, -0.25) is 0 Å². The number of fused-ring (bicyclic) bond motifs is 1. The lowest BCUT2D eigenvalue weighted by molar-refractivity contribution is -0.153. The molecule has 1 atom stereocenters. The summed E-state index contributed by atoms with van der Waals surface area (Å²) in [7, 11) is 0. The Hall–Kier alpha value is -1.52. The first kappa shape index (κ1) is 12.0. The van der Waals surface area contributed by atoms with Gasteiger partial charge in [-0.05, 0) is 19.1 Å². The minimum absolute atomic E-state index is 0.240. The summed E-state index contributed by atoms with van der Waals surface area (Å²) in [4.78, 5) is 14.4. The van der Waals surface area contributed by atoms with Crippen LogP contribution in [0.1, 0.15) is 18.6 Å². The maximum atomic E-state index is 11.4. The molecule has 0 saturated carbocycles. The summed E-state index contributed by atoms with van der Waals surface area (Å²) in [6.45, 7) is 1.93. The summed E-state index contributed by atoms with van der Waals surface area (Å²) < 4.78 is 4.77. The number of aliphatic hydroxyl groups is 1. The molecule has 4 nitrogen and oxygen atoms in total. The van der Waals surface area contributed by atoms with Crippen LogP contribution >= 0.6 is 11.6 Å². The summed E-state index contributed by atoms with van der Waals surface area (Å²) in [5.41, 5.74) is 1.27. The average Bonchev–Trinajstić information content (AvgIpc) is 2.71. The van der Waals surface area contributed by atoms with Crippen molar-refractivity contribution in [2.24, 2.45) is 0 Å². The second kappa shape index (κ2) is 4.77. The summed E-state index contributed by atoms with van der Waals surface area (Å²) in [5.74, 6) is -0.650. The van der Waals surface area contributed by atoms with Gasteiger partial charge in [-0.1, -0.05) is 17.7 Å². The Morgan fingerprint density at radius 2 is 2.35 bits per heavy atom. The molecule has 17 heavy (non-hydrogen) atoms. The number of esters is 1. The van der Waals surface area contributed by atoms with Gasteiger partial charge in [0, 0.05) is 27.7 Å². The number of carbonyl (C=O) groups is 1. The molecule has 0 spiro atoms. The standard InChI is InChI=1S/C12H12ClNO3/c1-2-17-12(16)11(15)9-6-14-10-5-7(13)3-4-8(9)10/h3-6,11,14-15H,2H2,1H3. The van der Waals surface area contributed by atoms with Crippen LogP contribution < -0.4 is 0 Å². The Labute approximate surface area is 103 Å². The second-order valence-corrected chi connectivity index (χ2v) is 4.02. The van der Waals surface area contributed by atoms with Crippen LogP contribution in [0.4, 0.5) is 0 Å². The molecule has 0 amide bonds. The summed E-state index contributed by atoms with van der Waals surface area (Å²) in [6.07, 6.45) is 0.313. The van der Waals surface area contributed by atoms with Crippen LogP contribution in [0.5, 0.6) is 0 Å². The highest BCUT2D eigenvalue weighted by molar-refractivity contribution is 6.31. The highest BCUT2D eigenvalue weighted by Crippen LogP contribution is 2.27. The number of rotatable bonds is 3. The first-order valence-electron chi connectivity index (χ1n) is 5.24. The van der Waals surface area contributed by atoms with Crippen LogP contribution in [0.25, 0.3) is 10.9 Å². The number of benzene rings is 1. The molecule has 0 saturated heterocycles. The van der Waals surface area contributed by atoms with Crippen LogP contribution in [-0.2, 0) is 9.53 Å². The van der Waals surface area contributed by atoms with Gasteiger partial charge in [0.2, 0.25) is 0 Å². The molecule has 0 bridgehead atoms. The number of carbonyl (C=O) groups excluding carboxylic acids is 1. The number of nitrogens with one attached hydrogen (secondary N) is 1. The van der Waals surface area contributed by atoms with Crippen molar-refractivity contribution < 1.29 is 14.6 Å². The van der Waals surface area contributed by atoms with Crippen LogP contribution in [0, 0.1) is 0 Å². The molecule has 1 unspecified atom stereocenters. The monoisotopic (exact) mass is 253 g/mol. The molecule has 0 aliphatic rings. The normalized spacial score (nSPS) is 12.6. The molecule has 2 aromatic rings. The Kier molecular flexibility index (Phi) is 3.36. The number of hydrogen-bond acceptors (Lipinski definition) is 3. The minimum atomic E-state index is -1.27. The van der Waals surface area contributed by atoms with Gasteiger partial charge >= 0.3 is 5.97 Å². The van der Waals surface area contributed by atoms with E-state index < -0.39 is 12.1 Å². The van der Waals surface area contributed by atoms with E-state index in [1.807, 2.05) is 0 Å². The fourth-order valence-electron chi connectivity index (χ4n) is 1.70. The lowest BCUT2D eigenvalue weighted by Crippen LogP contribution is -2.14. The van der Waals surface area contributed by atoms with Gasteiger partial charge in [0.1, 0.15) is 0 Å². The number of H-pyrrole nitrogens is 1. The van der Waals surface area contributed by atoms with Gasteiger partial charge < -0.3 is 14.8 Å². The topological polar surface area (TPSA) is 62.3 Å². The molecule has 0 aliphatic carbocycles. The van der Waals surface area contributed by atoms with Gasteiger partial charge in [-0.2, -0.15) is 0 Å². The van der Waals surface area contributed by atoms with E-state index in [4.69, 9.17) is 16.3 Å². The first-order chi connectivity index (χ1) is 8.13. The summed E-state index contributed by atoms with van der Waals surface area (Å²) in [6, 6.07) is 5.20. The van der Waals surface area contributed by atoms with Crippen molar-refractivity contribution in [2.45, 2.75) is 13.0 Å². The zero-order valence-electron chi connectivity index (χ0n) is 9.24. The summed E-state index contributed by atoms with van der Waals surface area (Å²) >= 11 is 5.85. The molecule has 90 valence electrons. The van der Waals surface area contributed by atoms with Crippen LogP contribution in [-0.4, -0.2) is 22.7 Å². The van der Waals surface area contributed by atoms with Crippen LogP contribution in [0.15, 0.2) is 24.4 Å². The van der Waals surface area contributed by atoms with Gasteiger partial charge in [0.05, 0.1) is 6.61 Å². The van der Waals surface area contributed by atoms with E-state index in [-0.39, 0.29) is 6.61 Å². The van der Waals surface area contributed by atoms with Crippen LogP contribution in [0.3, 0.4) is 0 Å². The minimum Gasteiger partial charge on any atom is -0.464 e. The van der Waals surface area contributed by atoms with Gasteiger partial charge in [0.25, 0.3) is 0 Å².